The molecule has 24 heteroatoms. The van der Waals surface area contributed by atoms with E-state index in [0.29, 0.717) is 12.1 Å². The van der Waals surface area contributed by atoms with Gasteiger partial charge in [-0.05, 0) is 0 Å². The van der Waals surface area contributed by atoms with Crippen LogP contribution in [0.5, 0.6) is 17.2 Å². The lowest BCUT2D eigenvalue weighted by atomic mass is 10.2. The minimum Gasteiger partial charge on any atom is -0.493 e. The van der Waals surface area contributed by atoms with Gasteiger partial charge in [-0.25, -0.2) is 0 Å². The minimum atomic E-state index is -8.12. The second-order valence-corrected chi connectivity index (χ2v) is 7.36. The summed E-state index contributed by atoms with van der Waals surface area (Å²) in [7, 11) is 2.68. The Morgan fingerprint density at radius 3 is 1.33 bits per heavy atom. The number of rotatable bonds is 11. The van der Waals surface area contributed by atoms with Crippen LogP contribution in [-0.4, -0.2) is 75.6 Å². The van der Waals surface area contributed by atoms with Crippen molar-refractivity contribution in [3.8, 4) is 17.2 Å². The molecule has 1 aromatic carbocycles. The van der Waals surface area contributed by atoms with E-state index >= 15 is 0 Å². The van der Waals surface area contributed by atoms with Gasteiger partial charge in [0.25, 0.3) is 5.91 Å². The van der Waals surface area contributed by atoms with Crippen molar-refractivity contribution in [2.45, 2.75) is 48.4 Å². The summed E-state index contributed by atoms with van der Waals surface area (Å²) in [6, 6.07) is 0.901. The van der Waals surface area contributed by atoms with Crippen molar-refractivity contribution < 1.29 is 103 Å². The maximum absolute atomic E-state index is 14.7. The van der Waals surface area contributed by atoms with Crippen molar-refractivity contribution in [3.63, 3.8) is 0 Å². The molecule has 2 atom stereocenters. The average molecular weight is 661 g/mol. The van der Waals surface area contributed by atoms with E-state index in [4.69, 9.17) is 4.74 Å². The summed E-state index contributed by atoms with van der Waals surface area (Å²) in [6.07, 6.45) is -38.9. The van der Waals surface area contributed by atoms with E-state index in [2.05, 4.69) is 9.47 Å². The topological polar surface area (TPSA) is 75.3 Å². The van der Waals surface area contributed by atoms with Gasteiger partial charge in [-0.1, -0.05) is 0 Å². The highest BCUT2D eigenvalue weighted by molar-refractivity contribution is 5.97. The number of hydrogen-bond acceptors (Lipinski definition) is 6. The van der Waals surface area contributed by atoms with Gasteiger partial charge in [0.1, 0.15) is 0 Å². The number of carbonyl (C=O) groups is 1. The number of anilines is 1. The van der Waals surface area contributed by atoms with E-state index in [1.807, 2.05) is 4.74 Å². The quantitative estimate of drug-likeness (QED) is 0.273. The zero-order valence-corrected chi connectivity index (χ0v) is 20.0. The summed E-state index contributed by atoms with van der Waals surface area (Å²) in [4.78, 5) is 12.0. The normalized spacial score (nSPS) is 16.8. The van der Waals surface area contributed by atoms with Crippen molar-refractivity contribution >= 4 is 11.6 Å². The van der Waals surface area contributed by atoms with Crippen LogP contribution in [0.2, 0.25) is 0 Å². The number of benzene rings is 1. The molecular weight excluding hydrogens is 649 g/mol. The zero-order chi connectivity index (χ0) is 33.5. The molecule has 0 saturated carbocycles. The fraction of sp³-hybridized carbons (Fsp3) is 0.611. The molecule has 0 radical (unpaired) electrons. The predicted molar refractivity (Wildman–Crippen MR) is 97.6 cm³/mol. The van der Waals surface area contributed by atoms with E-state index in [-0.39, 0.29) is 5.75 Å². The van der Waals surface area contributed by atoms with Crippen LogP contribution in [0, 0.1) is 0 Å². The van der Waals surface area contributed by atoms with Gasteiger partial charge in [-0.3, -0.25) is 14.3 Å². The van der Waals surface area contributed by atoms with E-state index < -0.39 is 71.5 Å². The molecule has 0 aliphatic heterocycles. The highest BCUT2D eigenvalue weighted by Crippen LogP contribution is 2.56. The van der Waals surface area contributed by atoms with Gasteiger partial charge in [0, 0.05) is 17.8 Å². The zero-order valence-electron chi connectivity index (χ0n) is 20.0. The summed E-state index contributed by atoms with van der Waals surface area (Å²) in [5.74, 6) is -28.0. The first kappa shape index (κ1) is 36.8. The minimum absolute atomic E-state index is 0.371. The summed E-state index contributed by atoms with van der Waals surface area (Å²) >= 11 is 0. The summed E-state index contributed by atoms with van der Waals surface area (Å²) in [5.41, 5.74) is -1.14. The van der Waals surface area contributed by atoms with Crippen molar-refractivity contribution in [1.29, 1.82) is 0 Å². The van der Waals surface area contributed by atoms with Crippen LogP contribution < -0.4 is 19.5 Å². The molecule has 1 rings (SSSR count). The molecule has 1 N–H and O–H groups in total. The van der Waals surface area contributed by atoms with Gasteiger partial charge >= 0.3 is 48.4 Å². The van der Waals surface area contributed by atoms with Crippen LogP contribution in [0.3, 0.4) is 0 Å². The summed E-state index contributed by atoms with van der Waals surface area (Å²) in [6.45, 7) is 0. The highest BCUT2D eigenvalue weighted by Gasteiger charge is 2.85. The lowest BCUT2D eigenvalue weighted by molar-refractivity contribution is -0.548. The third kappa shape index (κ3) is 6.41. The third-order valence-electron chi connectivity index (χ3n) is 4.58. The standard InChI is InChI=1S/C18H12F17NO6/c1-38-7-4-6(5-8(39-2)9(7)40-3)36-10(37)11(19,14(23,24)25)41-18(34,35)13(22,16(29,30)31)42-17(32,33)12(20,21)15(26,27)28/h4-5H,1-3H3,(H,36,37). The average Bonchev–Trinajstić information content (AvgIpc) is 2.80. The highest BCUT2D eigenvalue weighted by atomic mass is 19.4. The Morgan fingerprint density at radius 2 is 1.02 bits per heavy atom. The molecule has 2 unspecified atom stereocenters. The Hall–Kier alpha value is -3.18. The molecule has 0 heterocycles. The number of halogens is 17. The lowest BCUT2D eigenvalue weighted by Gasteiger charge is -2.40. The molecule has 0 aliphatic carbocycles. The first-order valence-corrected chi connectivity index (χ1v) is 9.73. The molecule has 0 aromatic heterocycles. The number of alkyl halides is 17. The Bertz CT molecular complexity index is 1110. The third-order valence-corrected chi connectivity index (χ3v) is 4.58. The van der Waals surface area contributed by atoms with Gasteiger partial charge in [0.2, 0.25) is 5.75 Å². The van der Waals surface area contributed by atoms with Crippen LogP contribution >= 0.6 is 0 Å². The number of hydrogen-bond donors (Lipinski definition) is 1. The monoisotopic (exact) mass is 661 g/mol. The van der Waals surface area contributed by atoms with E-state index in [9.17, 15) is 79.4 Å². The van der Waals surface area contributed by atoms with Gasteiger partial charge in [0.15, 0.2) is 11.5 Å². The van der Waals surface area contributed by atoms with Gasteiger partial charge in [-0.2, -0.15) is 74.6 Å². The summed E-state index contributed by atoms with van der Waals surface area (Å²) < 4.78 is 243. The molecule has 42 heavy (non-hydrogen) atoms. The molecule has 0 fully saturated rings. The number of carbonyl (C=O) groups excluding carboxylic acids is 1. The smallest absolute Gasteiger partial charge is 0.462 e. The van der Waals surface area contributed by atoms with E-state index in [1.54, 1.807) is 0 Å². The van der Waals surface area contributed by atoms with Crippen LogP contribution in [0.4, 0.5) is 80.3 Å². The van der Waals surface area contributed by atoms with Gasteiger partial charge in [0.05, 0.1) is 21.3 Å². The van der Waals surface area contributed by atoms with Crippen LogP contribution in [0.1, 0.15) is 0 Å². The molecule has 0 aliphatic rings. The Kier molecular flexibility index (Phi) is 9.78. The number of methoxy groups -OCH3 is 3. The van der Waals surface area contributed by atoms with Crippen LogP contribution in [-0.2, 0) is 14.3 Å². The van der Waals surface area contributed by atoms with E-state index in [1.165, 1.54) is 4.74 Å². The molecule has 1 amide bonds. The maximum Gasteiger partial charge on any atom is 0.462 e. The van der Waals surface area contributed by atoms with Crippen molar-refractivity contribution in [3.05, 3.63) is 12.1 Å². The van der Waals surface area contributed by atoms with Gasteiger partial charge in [-0.15, -0.1) is 0 Å². The first-order valence-electron chi connectivity index (χ1n) is 9.73. The number of ether oxygens (including phenoxy) is 5. The summed E-state index contributed by atoms with van der Waals surface area (Å²) in [5, 5.41) is 0.826. The Morgan fingerprint density at radius 1 is 0.595 bits per heavy atom. The predicted octanol–water partition coefficient (Wildman–Crippen LogP) is 6.52. The van der Waals surface area contributed by atoms with Gasteiger partial charge < -0.3 is 19.5 Å². The molecule has 0 saturated heterocycles. The molecular formula is C18H12F17NO6. The number of nitrogens with one attached hydrogen (secondary N) is 1. The fourth-order valence-electron chi connectivity index (χ4n) is 2.53. The Balaban J connectivity index is 3.72. The van der Waals surface area contributed by atoms with Crippen molar-refractivity contribution in [2.75, 3.05) is 26.6 Å². The maximum atomic E-state index is 14.7. The largest absolute Gasteiger partial charge is 0.493 e. The molecule has 0 bridgehead atoms. The molecule has 0 spiro atoms. The SMILES string of the molecule is COc1cc(NC(=O)C(F)(OC(F)(F)C(F)(OC(F)(F)C(F)(F)C(F)(F)F)C(F)(F)F)C(F)(F)F)cc(OC)c1OC. The van der Waals surface area contributed by atoms with Crippen LogP contribution in [0.15, 0.2) is 12.1 Å². The fourth-order valence-corrected chi connectivity index (χ4v) is 2.53. The van der Waals surface area contributed by atoms with Crippen molar-refractivity contribution in [2.24, 2.45) is 0 Å². The van der Waals surface area contributed by atoms with E-state index in [0.717, 1.165) is 26.6 Å². The molecule has 244 valence electrons. The van der Waals surface area contributed by atoms with Crippen molar-refractivity contribution in [1.82, 2.24) is 0 Å². The molecule has 7 nitrogen and oxygen atoms in total. The van der Waals surface area contributed by atoms with Crippen LogP contribution in [0.25, 0.3) is 0 Å². The Labute approximate surface area is 220 Å². The second kappa shape index (κ2) is 11.1. The lowest BCUT2D eigenvalue weighted by Crippen LogP contribution is -2.68. The second-order valence-electron chi connectivity index (χ2n) is 7.36. The number of amides is 1. The molecule has 1 aromatic rings. The first-order chi connectivity index (χ1) is 18.5.